The highest BCUT2D eigenvalue weighted by atomic mass is 32.2. The van der Waals surface area contributed by atoms with Crippen LogP contribution >= 0.6 is 23.1 Å². The second-order valence-corrected chi connectivity index (χ2v) is 10.5. The number of hydrogen-bond acceptors (Lipinski definition) is 7. The maximum atomic E-state index is 12.4. The van der Waals surface area contributed by atoms with Gasteiger partial charge in [0.2, 0.25) is 5.91 Å². The number of para-hydroxylation sites is 1. The average molecular weight is 482 g/mol. The molecule has 2 aromatic heterocycles. The lowest BCUT2D eigenvalue weighted by molar-refractivity contribution is -0.113. The Balaban J connectivity index is 1.33. The molecule has 1 amide bonds. The van der Waals surface area contributed by atoms with E-state index in [2.05, 4.69) is 53.4 Å². The minimum absolute atomic E-state index is 0.104. The zero-order chi connectivity index (χ0) is 23.4. The molecule has 1 N–H and O–H groups in total. The molecule has 2 heterocycles. The number of nitrogens with zero attached hydrogens (tertiary/aromatic N) is 4. The number of ether oxygens (including phenoxy) is 1. The number of benzene rings is 2. The van der Waals surface area contributed by atoms with Gasteiger partial charge in [-0.05, 0) is 42.2 Å². The second-order valence-electron chi connectivity index (χ2n) is 8.53. The predicted octanol–water partition coefficient (Wildman–Crippen LogP) is 5.52. The summed E-state index contributed by atoms with van der Waals surface area (Å²) < 4.78 is 8.95. The summed E-state index contributed by atoms with van der Waals surface area (Å²) in [7, 11) is 0. The van der Waals surface area contributed by atoms with Crippen molar-refractivity contribution in [2.24, 2.45) is 0 Å². The van der Waals surface area contributed by atoms with Gasteiger partial charge in [-0.2, -0.15) is 0 Å². The third kappa shape index (κ3) is 5.72. The van der Waals surface area contributed by atoms with E-state index in [9.17, 15) is 4.79 Å². The highest BCUT2D eigenvalue weighted by Crippen LogP contribution is 2.27. The van der Waals surface area contributed by atoms with Crippen molar-refractivity contribution < 1.29 is 9.53 Å². The van der Waals surface area contributed by atoms with Crippen molar-refractivity contribution in [1.82, 2.24) is 19.7 Å². The first-order valence-electron chi connectivity index (χ1n) is 10.8. The first kappa shape index (κ1) is 23.3. The zero-order valence-electron chi connectivity index (χ0n) is 19.2. The molecular formula is C24H27N5O2S2. The van der Waals surface area contributed by atoms with Crippen LogP contribution in [0.2, 0.25) is 0 Å². The smallest absolute Gasteiger partial charge is 0.236 e. The summed E-state index contributed by atoms with van der Waals surface area (Å²) >= 11 is 2.82. The Morgan fingerprint density at radius 2 is 1.88 bits per heavy atom. The van der Waals surface area contributed by atoms with E-state index in [1.165, 1.54) is 28.7 Å². The van der Waals surface area contributed by atoms with E-state index in [1.54, 1.807) is 0 Å². The lowest BCUT2D eigenvalue weighted by atomic mass is 9.87. The Labute approximate surface area is 201 Å². The number of hydrogen-bond donors (Lipinski definition) is 1. The van der Waals surface area contributed by atoms with E-state index in [4.69, 9.17) is 4.74 Å². The van der Waals surface area contributed by atoms with E-state index in [1.807, 2.05) is 47.9 Å². The lowest BCUT2D eigenvalue weighted by Crippen LogP contribution is -2.14. The SMILES string of the molecule is CCn1c(COc2ccc(C(C)(C)C)cc2)nnc1SCC(=O)Nc1nc2ccccc2s1. The Morgan fingerprint density at radius 3 is 2.58 bits per heavy atom. The van der Waals surface area contributed by atoms with Crippen LogP contribution in [0.1, 0.15) is 39.1 Å². The van der Waals surface area contributed by atoms with Crippen molar-refractivity contribution >= 4 is 44.4 Å². The van der Waals surface area contributed by atoms with Crippen molar-refractivity contribution in [3.8, 4) is 5.75 Å². The number of fused-ring (bicyclic) bond motifs is 1. The van der Waals surface area contributed by atoms with Crippen LogP contribution in [-0.2, 0) is 23.4 Å². The van der Waals surface area contributed by atoms with E-state index >= 15 is 0 Å². The number of anilines is 1. The number of thiazole rings is 1. The van der Waals surface area contributed by atoms with Crippen molar-refractivity contribution in [3.63, 3.8) is 0 Å². The summed E-state index contributed by atoms with van der Waals surface area (Å²) in [6.07, 6.45) is 0. The highest BCUT2D eigenvalue weighted by Gasteiger charge is 2.16. The molecule has 0 aliphatic rings. The molecule has 0 bridgehead atoms. The quantitative estimate of drug-likeness (QED) is 0.334. The molecule has 4 rings (SSSR count). The fraction of sp³-hybridized carbons (Fsp3) is 0.333. The number of thioether (sulfide) groups is 1. The Kier molecular flexibility index (Phi) is 6.99. The molecule has 0 spiro atoms. The number of amides is 1. The molecular weight excluding hydrogens is 454 g/mol. The molecule has 33 heavy (non-hydrogen) atoms. The van der Waals surface area contributed by atoms with Crippen molar-refractivity contribution in [3.05, 3.63) is 59.9 Å². The second kappa shape index (κ2) is 9.93. The average Bonchev–Trinajstić information content (AvgIpc) is 3.38. The Morgan fingerprint density at radius 1 is 1.12 bits per heavy atom. The minimum atomic E-state index is -0.124. The first-order valence-corrected chi connectivity index (χ1v) is 12.6. The molecule has 4 aromatic rings. The molecule has 0 aliphatic heterocycles. The summed E-state index contributed by atoms with van der Waals surface area (Å²) in [5, 5.41) is 12.7. The van der Waals surface area contributed by atoms with E-state index in [0.717, 1.165) is 21.8 Å². The lowest BCUT2D eigenvalue weighted by Gasteiger charge is -2.19. The van der Waals surface area contributed by atoms with Gasteiger partial charge in [0, 0.05) is 6.54 Å². The van der Waals surface area contributed by atoms with Gasteiger partial charge in [-0.25, -0.2) is 4.98 Å². The normalized spacial score (nSPS) is 11.6. The third-order valence-electron chi connectivity index (χ3n) is 5.07. The Bertz CT molecular complexity index is 1210. The van der Waals surface area contributed by atoms with Crippen molar-refractivity contribution in [2.45, 2.75) is 51.4 Å². The van der Waals surface area contributed by atoms with Gasteiger partial charge in [-0.3, -0.25) is 4.79 Å². The van der Waals surface area contributed by atoms with Gasteiger partial charge in [0.15, 0.2) is 16.1 Å². The first-order chi connectivity index (χ1) is 15.8. The maximum Gasteiger partial charge on any atom is 0.236 e. The summed E-state index contributed by atoms with van der Waals surface area (Å²) in [5.41, 5.74) is 2.25. The van der Waals surface area contributed by atoms with Crippen LogP contribution in [0, 0.1) is 0 Å². The standard InChI is InChI=1S/C24H27N5O2S2/c1-5-29-20(14-31-17-12-10-16(11-13-17)24(2,3)4)27-28-23(29)32-15-21(30)26-22-25-18-8-6-7-9-19(18)33-22/h6-13H,5,14-15H2,1-4H3,(H,25,26,30). The van der Waals surface area contributed by atoms with Gasteiger partial charge in [0.1, 0.15) is 12.4 Å². The van der Waals surface area contributed by atoms with Crippen molar-refractivity contribution in [1.29, 1.82) is 0 Å². The van der Waals surface area contributed by atoms with Crippen LogP contribution in [0.5, 0.6) is 5.75 Å². The van der Waals surface area contributed by atoms with E-state index < -0.39 is 0 Å². The van der Waals surface area contributed by atoms with Crippen LogP contribution in [0.3, 0.4) is 0 Å². The number of nitrogens with one attached hydrogen (secondary N) is 1. The fourth-order valence-corrected chi connectivity index (χ4v) is 4.96. The monoisotopic (exact) mass is 481 g/mol. The predicted molar refractivity (Wildman–Crippen MR) is 134 cm³/mol. The zero-order valence-corrected chi connectivity index (χ0v) is 20.8. The number of rotatable bonds is 8. The summed E-state index contributed by atoms with van der Waals surface area (Å²) in [5.74, 6) is 1.62. The fourth-order valence-electron chi connectivity index (χ4n) is 3.26. The molecule has 9 heteroatoms. The Hall–Kier alpha value is -2.91. The number of aromatic nitrogens is 4. The molecule has 0 aliphatic carbocycles. The van der Waals surface area contributed by atoms with Gasteiger partial charge >= 0.3 is 0 Å². The van der Waals surface area contributed by atoms with Gasteiger partial charge in [-0.1, -0.05) is 68.1 Å². The number of carbonyl (C=O) groups excluding carboxylic acids is 1. The van der Waals surface area contributed by atoms with Gasteiger partial charge in [0.05, 0.1) is 16.0 Å². The molecule has 0 atom stereocenters. The largest absolute Gasteiger partial charge is 0.486 e. The van der Waals surface area contributed by atoms with E-state index in [0.29, 0.717) is 23.4 Å². The van der Waals surface area contributed by atoms with Gasteiger partial charge < -0.3 is 14.6 Å². The number of carbonyl (C=O) groups is 1. The summed E-state index contributed by atoms with van der Waals surface area (Å²) in [6.45, 7) is 9.59. The summed E-state index contributed by atoms with van der Waals surface area (Å²) in [6, 6.07) is 16.0. The van der Waals surface area contributed by atoms with Gasteiger partial charge in [-0.15, -0.1) is 10.2 Å². The third-order valence-corrected chi connectivity index (χ3v) is 6.99. The van der Waals surface area contributed by atoms with E-state index in [-0.39, 0.29) is 17.1 Å². The van der Waals surface area contributed by atoms with Crippen LogP contribution in [0.25, 0.3) is 10.2 Å². The van der Waals surface area contributed by atoms with Crippen molar-refractivity contribution in [2.75, 3.05) is 11.1 Å². The molecule has 172 valence electrons. The van der Waals surface area contributed by atoms with Crippen LogP contribution < -0.4 is 10.1 Å². The molecule has 0 fully saturated rings. The van der Waals surface area contributed by atoms with Crippen LogP contribution in [0.15, 0.2) is 53.7 Å². The molecule has 0 radical (unpaired) electrons. The van der Waals surface area contributed by atoms with Gasteiger partial charge in [0.25, 0.3) is 0 Å². The topological polar surface area (TPSA) is 81.9 Å². The minimum Gasteiger partial charge on any atom is -0.486 e. The summed E-state index contributed by atoms with van der Waals surface area (Å²) in [4.78, 5) is 16.9. The molecule has 0 unspecified atom stereocenters. The highest BCUT2D eigenvalue weighted by molar-refractivity contribution is 7.99. The van der Waals surface area contributed by atoms with Crippen LogP contribution in [0.4, 0.5) is 5.13 Å². The molecule has 2 aromatic carbocycles. The molecule has 0 saturated carbocycles. The van der Waals surface area contributed by atoms with Crippen LogP contribution in [-0.4, -0.2) is 31.4 Å². The molecule has 0 saturated heterocycles. The maximum absolute atomic E-state index is 12.4. The molecule has 7 nitrogen and oxygen atoms in total.